The van der Waals surface area contributed by atoms with Crippen molar-refractivity contribution in [2.75, 3.05) is 11.9 Å². The largest absolute Gasteiger partial charge is 0.482 e. The number of ether oxygens (including phenoxy) is 1. The first-order valence-electron chi connectivity index (χ1n) is 7.29. The Labute approximate surface area is 137 Å². The van der Waals surface area contributed by atoms with Crippen LogP contribution in [0.25, 0.3) is 21.8 Å². The molecule has 1 aliphatic rings. The monoisotopic (exact) mass is 322 g/mol. The molecule has 0 aliphatic carbocycles. The van der Waals surface area contributed by atoms with E-state index >= 15 is 0 Å². The molecular formula is C18H14N2O2S. The highest BCUT2D eigenvalue weighted by molar-refractivity contribution is 7.13. The summed E-state index contributed by atoms with van der Waals surface area (Å²) in [4.78, 5) is 16.2. The summed E-state index contributed by atoms with van der Waals surface area (Å²) < 4.78 is 5.39. The molecule has 0 saturated heterocycles. The molecule has 23 heavy (non-hydrogen) atoms. The standard InChI is InChI=1S/C18H14N2O2S/c1-11-4-2-3-5-13(11)18-20-15(10-23-18)12-6-7-16-14(8-12)19-17(21)9-22-16/h2-8,10H,9H2,1H3,(H,19,21). The lowest BCUT2D eigenvalue weighted by molar-refractivity contribution is -0.118. The molecule has 4 nitrogen and oxygen atoms in total. The van der Waals surface area contributed by atoms with E-state index in [2.05, 4.69) is 24.4 Å². The molecule has 4 rings (SSSR count). The maximum atomic E-state index is 11.5. The summed E-state index contributed by atoms with van der Waals surface area (Å²) in [6, 6.07) is 14.0. The van der Waals surface area contributed by atoms with Crippen molar-refractivity contribution in [3.8, 4) is 27.6 Å². The summed E-state index contributed by atoms with van der Waals surface area (Å²) in [7, 11) is 0. The fraction of sp³-hybridized carbons (Fsp3) is 0.111. The van der Waals surface area contributed by atoms with Gasteiger partial charge in [0, 0.05) is 16.5 Å². The average Bonchev–Trinajstić information content (AvgIpc) is 3.04. The summed E-state index contributed by atoms with van der Waals surface area (Å²) in [5, 5.41) is 5.86. The van der Waals surface area contributed by atoms with Gasteiger partial charge >= 0.3 is 0 Å². The van der Waals surface area contributed by atoms with E-state index in [0.29, 0.717) is 11.4 Å². The predicted molar refractivity (Wildman–Crippen MR) is 91.8 cm³/mol. The number of hydrogen-bond donors (Lipinski definition) is 1. The normalized spacial score (nSPS) is 13.2. The van der Waals surface area contributed by atoms with E-state index in [-0.39, 0.29) is 12.5 Å². The zero-order valence-corrected chi connectivity index (χ0v) is 13.3. The number of rotatable bonds is 2. The number of amides is 1. The number of thiazole rings is 1. The highest BCUT2D eigenvalue weighted by Gasteiger charge is 2.17. The molecule has 0 saturated carbocycles. The first-order valence-corrected chi connectivity index (χ1v) is 8.17. The summed E-state index contributed by atoms with van der Waals surface area (Å²) >= 11 is 1.62. The number of benzene rings is 2. The zero-order chi connectivity index (χ0) is 15.8. The van der Waals surface area contributed by atoms with Crippen LogP contribution in [0, 0.1) is 6.92 Å². The third-order valence-corrected chi connectivity index (χ3v) is 4.66. The van der Waals surface area contributed by atoms with E-state index in [1.807, 2.05) is 35.7 Å². The lowest BCUT2D eigenvalue weighted by atomic mass is 10.1. The lowest BCUT2D eigenvalue weighted by Crippen LogP contribution is -2.25. The fourth-order valence-electron chi connectivity index (χ4n) is 2.59. The molecule has 0 fully saturated rings. The van der Waals surface area contributed by atoms with Gasteiger partial charge in [-0.3, -0.25) is 4.79 Å². The Morgan fingerprint density at radius 3 is 2.96 bits per heavy atom. The van der Waals surface area contributed by atoms with Crippen LogP contribution in [0.4, 0.5) is 5.69 Å². The molecular weight excluding hydrogens is 308 g/mol. The van der Waals surface area contributed by atoms with Crippen molar-refractivity contribution >= 4 is 22.9 Å². The van der Waals surface area contributed by atoms with Gasteiger partial charge in [0.05, 0.1) is 11.4 Å². The average molecular weight is 322 g/mol. The predicted octanol–water partition coefficient (Wildman–Crippen LogP) is 4.12. The highest BCUT2D eigenvalue weighted by atomic mass is 32.1. The van der Waals surface area contributed by atoms with Gasteiger partial charge in [-0.2, -0.15) is 0 Å². The van der Waals surface area contributed by atoms with Gasteiger partial charge in [0.25, 0.3) is 5.91 Å². The molecule has 1 aliphatic heterocycles. The first-order chi connectivity index (χ1) is 11.2. The number of hydrogen-bond acceptors (Lipinski definition) is 4. The molecule has 0 bridgehead atoms. The second-order valence-corrected chi connectivity index (χ2v) is 6.26. The highest BCUT2D eigenvalue weighted by Crippen LogP contribution is 2.35. The smallest absolute Gasteiger partial charge is 0.262 e. The van der Waals surface area contributed by atoms with E-state index in [9.17, 15) is 4.79 Å². The van der Waals surface area contributed by atoms with Crippen LogP contribution in [0.5, 0.6) is 5.75 Å². The van der Waals surface area contributed by atoms with E-state index in [4.69, 9.17) is 9.72 Å². The van der Waals surface area contributed by atoms with Crippen LogP contribution in [-0.4, -0.2) is 17.5 Å². The zero-order valence-electron chi connectivity index (χ0n) is 12.5. The summed E-state index contributed by atoms with van der Waals surface area (Å²) in [6.45, 7) is 2.16. The van der Waals surface area contributed by atoms with Crippen LogP contribution in [-0.2, 0) is 4.79 Å². The second-order valence-electron chi connectivity index (χ2n) is 5.40. The second kappa shape index (κ2) is 5.52. The van der Waals surface area contributed by atoms with Gasteiger partial charge in [-0.25, -0.2) is 4.98 Å². The van der Waals surface area contributed by atoms with Crippen molar-refractivity contribution in [2.45, 2.75) is 6.92 Å². The molecule has 0 radical (unpaired) electrons. The fourth-order valence-corrected chi connectivity index (χ4v) is 3.50. The first kappa shape index (κ1) is 14.0. The van der Waals surface area contributed by atoms with Crippen molar-refractivity contribution < 1.29 is 9.53 Å². The van der Waals surface area contributed by atoms with Crippen molar-refractivity contribution in [1.29, 1.82) is 0 Å². The molecule has 1 aromatic heterocycles. The molecule has 1 amide bonds. The number of nitrogens with one attached hydrogen (secondary N) is 1. The van der Waals surface area contributed by atoms with Crippen LogP contribution in [0.1, 0.15) is 5.56 Å². The van der Waals surface area contributed by atoms with Crippen molar-refractivity contribution in [1.82, 2.24) is 4.98 Å². The molecule has 0 unspecified atom stereocenters. The van der Waals surface area contributed by atoms with Crippen molar-refractivity contribution in [3.63, 3.8) is 0 Å². The van der Waals surface area contributed by atoms with Crippen LogP contribution < -0.4 is 10.1 Å². The number of carbonyl (C=O) groups is 1. The van der Waals surface area contributed by atoms with Gasteiger partial charge in [0.1, 0.15) is 10.8 Å². The number of aryl methyl sites for hydroxylation is 1. The van der Waals surface area contributed by atoms with Crippen LogP contribution in [0.3, 0.4) is 0 Å². The summed E-state index contributed by atoms with van der Waals surface area (Å²) in [5.41, 5.74) is 4.92. The SMILES string of the molecule is Cc1ccccc1-c1nc(-c2ccc3c(c2)NC(=O)CO3)cs1. The van der Waals surface area contributed by atoms with E-state index in [1.165, 1.54) is 5.56 Å². The Morgan fingerprint density at radius 1 is 1.22 bits per heavy atom. The van der Waals surface area contributed by atoms with Gasteiger partial charge in [-0.15, -0.1) is 11.3 Å². The Balaban J connectivity index is 1.71. The minimum absolute atomic E-state index is 0.0699. The summed E-state index contributed by atoms with van der Waals surface area (Å²) in [5.74, 6) is 0.566. The molecule has 5 heteroatoms. The number of carbonyl (C=O) groups excluding carboxylic acids is 1. The molecule has 0 spiro atoms. The molecule has 3 aromatic rings. The number of fused-ring (bicyclic) bond motifs is 1. The third-order valence-electron chi connectivity index (χ3n) is 3.79. The Bertz CT molecular complexity index is 902. The maximum absolute atomic E-state index is 11.5. The minimum atomic E-state index is -0.131. The van der Waals surface area contributed by atoms with E-state index < -0.39 is 0 Å². The lowest BCUT2D eigenvalue weighted by Gasteiger charge is -2.18. The maximum Gasteiger partial charge on any atom is 0.262 e. The topological polar surface area (TPSA) is 51.2 Å². The van der Waals surface area contributed by atoms with E-state index in [0.717, 1.165) is 21.8 Å². The Hall–Kier alpha value is -2.66. The number of anilines is 1. The quantitative estimate of drug-likeness (QED) is 0.772. The van der Waals surface area contributed by atoms with E-state index in [1.54, 1.807) is 11.3 Å². The minimum Gasteiger partial charge on any atom is -0.482 e. The van der Waals surface area contributed by atoms with Gasteiger partial charge < -0.3 is 10.1 Å². The van der Waals surface area contributed by atoms with Crippen molar-refractivity contribution in [3.05, 3.63) is 53.4 Å². The van der Waals surface area contributed by atoms with Gasteiger partial charge in [0.15, 0.2) is 6.61 Å². The van der Waals surface area contributed by atoms with Crippen molar-refractivity contribution in [2.24, 2.45) is 0 Å². The van der Waals surface area contributed by atoms with Gasteiger partial charge in [0.2, 0.25) is 0 Å². The van der Waals surface area contributed by atoms with Crippen LogP contribution in [0.2, 0.25) is 0 Å². The molecule has 0 atom stereocenters. The number of nitrogens with zero attached hydrogens (tertiary/aromatic N) is 1. The molecule has 2 heterocycles. The van der Waals surface area contributed by atoms with Crippen LogP contribution >= 0.6 is 11.3 Å². The third kappa shape index (κ3) is 2.59. The molecule has 1 N–H and O–H groups in total. The van der Waals surface area contributed by atoms with Gasteiger partial charge in [-0.05, 0) is 30.7 Å². The van der Waals surface area contributed by atoms with Crippen LogP contribution in [0.15, 0.2) is 47.8 Å². The summed E-state index contributed by atoms with van der Waals surface area (Å²) in [6.07, 6.45) is 0. The number of aromatic nitrogens is 1. The molecule has 2 aromatic carbocycles. The molecule has 114 valence electrons. The Morgan fingerprint density at radius 2 is 2.09 bits per heavy atom. The van der Waals surface area contributed by atoms with Gasteiger partial charge in [-0.1, -0.05) is 24.3 Å². The Kier molecular flexibility index (Phi) is 3.35.